The van der Waals surface area contributed by atoms with Crippen LogP contribution in [0.15, 0.2) is 30.3 Å². The van der Waals surface area contributed by atoms with Crippen molar-refractivity contribution in [3.05, 3.63) is 35.9 Å². The molecule has 0 N–H and O–H groups in total. The maximum atomic E-state index is 11.3. The first-order valence-electron chi connectivity index (χ1n) is 4.83. The molecule has 1 aromatic rings. The van der Waals surface area contributed by atoms with E-state index in [2.05, 4.69) is 12.1 Å². The van der Waals surface area contributed by atoms with Gasteiger partial charge in [-0.15, -0.1) is 0 Å². The molecule has 3 heteroatoms. The molecule has 2 rings (SSSR count). The van der Waals surface area contributed by atoms with E-state index in [4.69, 9.17) is 0 Å². The topological polar surface area (TPSA) is 20.3 Å². The maximum Gasteiger partial charge on any atom is 0.233 e. The van der Waals surface area contributed by atoms with E-state index in [0.29, 0.717) is 6.42 Å². The molecule has 0 atom stereocenters. The zero-order valence-corrected chi connectivity index (χ0v) is 8.80. The highest BCUT2D eigenvalue weighted by atomic mass is 32.2. The first-order valence-corrected chi connectivity index (χ1v) is 5.78. The summed E-state index contributed by atoms with van der Waals surface area (Å²) in [5.41, 5.74) is 1.30. The summed E-state index contributed by atoms with van der Waals surface area (Å²) in [6.45, 7) is 0.841. The molecule has 0 aliphatic carbocycles. The lowest BCUT2D eigenvalue weighted by Crippen LogP contribution is -2.20. The van der Waals surface area contributed by atoms with Gasteiger partial charge in [-0.25, -0.2) is 0 Å². The number of carbonyl (C=O) groups is 1. The Hall–Kier alpha value is -0.960. The quantitative estimate of drug-likeness (QED) is 0.707. The molecule has 1 saturated heterocycles. The van der Waals surface area contributed by atoms with Gasteiger partial charge < -0.3 is 0 Å². The van der Waals surface area contributed by atoms with E-state index in [0.717, 1.165) is 18.7 Å². The number of rotatable bonds is 3. The molecule has 14 heavy (non-hydrogen) atoms. The van der Waals surface area contributed by atoms with Crippen LogP contribution in [-0.2, 0) is 11.2 Å². The van der Waals surface area contributed by atoms with Crippen molar-refractivity contribution in [3.63, 3.8) is 0 Å². The van der Waals surface area contributed by atoms with Crippen LogP contribution < -0.4 is 0 Å². The van der Waals surface area contributed by atoms with Crippen molar-refractivity contribution in [1.29, 1.82) is 0 Å². The monoisotopic (exact) mass is 207 g/mol. The summed E-state index contributed by atoms with van der Waals surface area (Å²) in [5.74, 6) is 1.24. The molecule has 0 radical (unpaired) electrons. The standard InChI is InChI=1S/C11H13NOS/c13-11-7-9-14-12(11)8-6-10-4-2-1-3-5-10/h1-5H,6-9H2. The van der Waals surface area contributed by atoms with Gasteiger partial charge in [-0.05, 0) is 23.9 Å². The molecule has 1 aliphatic heterocycles. The highest BCUT2D eigenvalue weighted by Crippen LogP contribution is 2.21. The second kappa shape index (κ2) is 4.51. The van der Waals surface area contributed by atoms with Crippen molar-refractivity contribution in [2.24, 2.45) is 0 Å². The first kappa shape index (κ1) is 9.59. The smallest absolute Gasteiger partial charge is 0.233 e. The Morgan fingerprint density at radius 3 is 2.71 bits per heavy atom. The fraction of sp³-hybridized carbons (Fsp3) is 0.364. The Morgan fingerprint density at radius 1 is 1.29 bits per heavy atom. The average Bonchev–Trinajstić information content (AvgIpc) is 2.63. The SMILES string of the molecule is O=C1CCSN1CCc1ccccc1. The molecule has 0 unspecified atom stereocenters. The summed E-state index contributed by atoms with van der Waals surface area (Å²) >= 11 is 1.65. The minimum absolute atomic E-state index is 0.283. The van der Waals surface area contributed by atoms with Crippen molar-refractivity contribution in [2.75, 3.05) is 12.3 Å². The van der Waals surface area contributed by atoms with Gasteiger partial charge in [-0.2, -0.15) is 0 Å². The van der Waals surface area contributed by atoms with Gasteiger partial charge in [0.05, 0.1) is 0 Å². The largest absolute Gasteiger partial charge is 0.286 e. The van der Waals surface area contributed by atoms with Gasteiger partial charge in [0.2, 0.25) is 5.91 Å². The fourth-order valence-electron chi connectivity index (χ4n) is 1.50. The lowest BCUT2D eigenvalue weighted by atomic mass is 10.1. The van der Waals surface area contributed by atoms with E-state index in [1.165, 1.54) is 5.56 Å². The second-order valence-corrected chi connectivity index (χ2v) is 4.42. The Morgan fingerprint density at radius 2 is 2.07 bits per heavy atom. The molecule has 0 bridgehead atoms. The Labute approximate surface area is 88.4 Å². The van der Waals surface area contributed by atoms with E-state index in [1.54, 1.807) is 11.9 Å². The van der Waals surface area contributed by atoms with Gasteiger partial charge in [-0.1, -0.05) is 30.3 Å². The first-order chi connectivity index (χ1) is 6.86. The van der Waals surface area contributed by atoms with Gasteiger partial charge in [0.25, 0.3) is 0 Å². The predicted molar refractivity (Wildman–Crippen MR) is 58.9 cm³/mol. The number of benzene rings is 1. The van der Waals surface area contributed by atoms with Gasteiger partial charge >= 0.3 is 0 Å². The Balaban J connectivity index is 1.85. The summed E-state index contributed by atoms with van der Waals surface area (Å²) in [4.78, 5) is 11.3. The van der Waals surface area contributed by atoms with Crippen LogP contribution in [0.5, 0.6) is 0 Å². The highest BCUT2D eigenvalue weighted by Gasteiger charge is 2.20. The van der Waals surface area contributed by atoms with Crippen LogP contribution in [0.3, 0.4) is 0 Å². The fourth-order valence-corrected chi connectivity index (χ4v) is 2.45. The average molecular weight is 207 g/mol. The van der Waals surface area contributed by atoms with Gasteiger partial charge in [0.15, 0.2) is 0 Å². The Kier molecular flexibility index (Phi) is 3.09. The summed E-state index contributed by atoms with van der Waals surface area (Å²) in [6.07, 6.45) is 1.67. The van der Waals surface area contributed by atoms with Crippen LogP contribution in [0.2, 0.25) is 0 Å². The molecule has 0 aromatic heterocycles. The predicted octanol–water partition coefficient (Wildman–Crippen LogP) is 2.11. The molecular weight excluding hydrogens is 194 g/mol. The van der Waals surface area contributed by atoms with Crippen LogP contribution in [0, 0.1) is 0 Å². The third kappa shape index (κ3) is 2.29. The van der Waals surface area contributed by atoms with E-state index in [9.17, 15) is 4.79 Å². The van der Waals surface area contributed by atoms with E-state index in [-0.39, 0.29) is 5.91 Å². The van der Waals surface area contributed by atoms with Crippen molar-refractivity contribution in [2.45, 2.75) is 12.8 Å². The molecule has 74 valence electrons. The van der Waals surface area contributed by atoms with Crippen molar-refractivity contribution in [1.82, 2.24) is 4.31 Å². The van der Waals surface area contributed by atoms with Gasteiger partial charge in [0.1, 0.15) is 0 Å². The number of carbonyl (C=O) groups excluding carboxylic acids is 1. The lowest BCUT2D eigenvalue weighted by Gasteiger charge is -2.13. The zero-order valence-electron chi connectivity index (χ0n) is 7.98. The zero-order chi connectivity index (χ0) is 9.80. The molecule has 1 amide bonds. The number of amides is 1. The van der Waals surface area contributed by atoms with Crippen molar-refractivity contribution in [3.8, 4) is 0 Å². The second-order valence-electron chi connectivity index (χ2n) is 3.31. The molecule has 1 fully saturated rings. The molecule has 1 aromatic carbocycles. The van der Waals surface area contributed by atoms with Crippen molar-refractivity contribution >= 4 is 17.9 Å². The maximum absolute atomic E-state index is 11.3. The van der Waals surface area contributed by atoms with Crippen LogP contribution in [0.25, 0.3) is 0 Å². The van der Waals surface area contributed by atoms with E-state index in [1.807, 2.05) is 22.5 Å². The highest BCUT2D eigenvalue weighted by molar-refractivity contribution is 7.97. The minimum Gasteiger partial charge on any atom is -0.286 e. The third-order valence-corrected chi connectivity index (χ3v) is 3.37. The summed E-state index contributed by atoms with van der Waals surface area (Å²) < 4.78 is 1.88. The van der Waals surface area contributed by atoms with E-state index < -0.39 is 0 Å². The summed E-state index contributed by atoms with van der Waals surface area (Å²) in [7, 11) is 0. The number of hydrogen-bond acceptors (Lipinski definition) is 2. The molecule has 2 nitrogen and oxygen atoms in total. The van der Waals surface area contributed by atoms with Crippen LogP contribution >= 0.6 is 11.9 Å². The molecule has 1 heterocycles. The number of hydrogen-bond donors (Lipinski definition) is 0. The lowest BCUT2D eigenvalue weighted by molar-refractivity contribution is -0.124. The van der Waals surface area contributed by atoms with Gasteiger partial charge in [-0.3, -0.25) is 9.10 Å². The van der Waals surface area contributed by atoms with Crippen LogP contribution in [0.1, 0.15) is 12.0 Å². The third-order valence-electron chi connectivity index (χ3n) is 2.29. The molecular formula is C11H13NOS. The number of nitrogens with zero attached hydrogens (tertiary/aromatic N) is 1. The van der Waals surface area contributed by atoms with Gasteiger partial charge in [0, 0.05) is 18.7 Å². The Bertz CT molecular complexity index is 312. The molecule has 0 saturated carbocycles. The summed E-state index contributed by atoms with van der Waals surface area (Å²) in [6, 6.07) is 10.3. The van der Waals surface area contributed by atoms with Crippen molar-refractivity contribution < 1.29 is 4.79 Å². The minimum atomic E-state index is 0.283. The summed E-state index contributed by atoms with van der Waals surface area (Å²) in [5, 5.41) is 0. The van der Waals surface area contributed by atoms with Crippen LogP contribution in [0.4, 0.5) is 0 Å². The molecule has 1 aliphatic rings. The normalized spacial score (nSPS) is 16.3. The van der Waals surface area contributed by atoms with E-state index >= 15 is 0 Å². The molecule has 0 spiro atoms. The van der Waals surface area contributed by atoms with Crippen LogP contribution in [-0.4, -0.2) is 22.5 Å².